The van der Waals surface area contributed by atoms with Crippen LogP contribution in [0.1, 0.15) is 0 Å². The molecule has 0 unspecified atom stereocenters. The molecule has 0 aliphatic heterocycles. The first-order valence-electron chi connectivity index (χ1n) is 17.8. The van der Waals surface area contributed by atoms with Crippen LogP contribution in [0.2, 0.25) is 5.02 Å². The maximum Gasteiger partial charge on any atom is 0.146 e. The summed E-state index contributed by atoms with van der Waals surface area (Å²) in [5, 5.41) is 10.0. The summed E-state index contributed by atoms with van der Waals surface area (Å²) in [6.07, 6.45) is 0. The Bertz CT molecular complexity index is 3050. The van der Waals surface area contributed by atoms with E-state index in [1.54, 1.807) is 0 Å². The number of hydrogen-bond acceptors (Lipinski definition) is 2. The molecule has 0 fully saturated rings. The summed E-state index contributed by atoms with van der Waals surface area (Å²) in [4.78, 5) is 10.6. The van der Waals surface area contributed by atoms with E-state index in [2.05, 4.69) is 173 Å². The van der Waals surface area contributed by atoms with Crippen LogP contribution in [-0.2, 0) is 0 Å². The number of rotatable bonds is 4. The molecule has 0 aliphatic carbocycles. The number of hydrogen-bond donors (Lipinski definition) is 0. The van der Waals surface area contributed by atoms with Gasteiger partial charge in [-0.25, -0.2) is 9.97 Å². The van der Waals surface area contributed by atoms with Crippen molar-refractivity contribution in [1.29, 1.82) is 0 Å². The number of fused-ring (bicyclic) bond motifs is 8. The molecule has 11 aromatic rings. The summed E-state index contributed by atoms with van der Waals surface area (Å²) in [6.45, 7) is 0. The molecule has 0 atom stereocenters. The molecule has 0 N–H and O–H groups in total. The van der Waals surface area contributed by atoms with Crippen LogP contribution in [0.5, 0.6) is 0 Å². The summed E-state index contributed by atoms with van der Waals surface area (Å²) in [5.41, 5.74) is 7.55. The average Bonchev–Trinajstić information content (AvgIpc) is 3.79. The maximum atomic E-state index is 7.74. The second kappa shape index (κ2) is 11.6. The zero-order valence-electron chi connectivity index (χ0n) is 28.4. The first kappa shape index (κ1) is 29.9. The van der Waals surface area contributed by atoms with Crippen molar-refractivity contribution in [3.63, 3.8) is 0 Å². The second-order valence-electron chi connectivity index (χ2n) is 13.5. The Balaban J connectivity index is 1.21. The molecule has 0 amide bonds. The van der Waals surface area contributed by atoms with Crippen molar-refractivity contribution in [2.24, 2.45) is 0 Å². The minimum Gasteiger partial charge on any atom is -0.291 e. The lowest BCUT2D eigenvalue weighted by molar-refractivity contribution is 1.07. The van der Waals surface area contributed by atoms with Crippen LogP contribution in [0, 0.1) is 0 Å². The Hall–Kier alpha value is -6.75. The van der Waals surface area contributed by atoms with E-state index in [9.17, 15) is 0 Å². The number of para-hydroxylation sites is 4. The highest BCUT2D eigenvalue weighted by Gasteiger charge is 2.24. The van der Waals surface area contributed by atoms with Gasteiger partial charge in [0.2, 0.25) is 0 Å². The van der Waals surface area contributed by atoms with Crippen LogP contribution >= 0.6 is 11.6 Å². The third kappa shape index (κ3) is 4.49. The van der Waals surface area contributed by atoms with Crippen molar-refractivity contribution in [2.75, 3.05) is 0 Å². The molecule has 53 heavy (non-hydrogen) atoms. The number of benzene rings is 9. The fourth-order valence-corrected chi connectivity index (χ4v) is 8.53. The third-order valence-corrected chi connectivity index (χ3v) is 11.0. The molecular formula is C48H29ClN4. The Labute approximate surface area is 309 Å². The molecule has 11 rings (SSSR count). The molecule has 0 saturated carbocycles. The van der Waals surface area contributed by atoms with Crippen molar-refractivity contribution in [3.8, 4) is 34.2 Å². The topological polar surface area (TPSA) is 35.6 Å². The van der Waals surface area contributed by atoms with Crippen molar-refractivity contribution in [1.82, 2.24) is 19.1 Å². The third-order valence-electron chi connectivity index (χ3n) is 10.6. The zero-order valence-corrected chi connectivity index (χ0v) is 29.2. The smallest absolute Gasteiger partial charge is 0.146 e. The molecule has 2 aromatic heterocycles. The van der Waals surface area contributed by atoms with E-state index in [0.717, 1.165) is 77.8 Å². The highest BCUT2D eigenvalue weighted by molar-refractivity contribution is 6.34. The first-order chi connectivity index (χ1) is 26.2. The van der Waals surface area contributed by atoms with Crippen LogP contribution < -0.4 is 0 Å². The second-order valence-corrected chi connectivity index (χ2v) is 13.9. The van der Waals surface area contributed by atoms with Crippen LogP contribution in [0.3, 0.4) is 0 Å². The normalized spacial score (nSPS) is 11.9. The summed E-state index contributed by atoms with van der Waals surface area (Å²) in [6, 6.07) is 61.7. The Morgan fingerprint density at radius 1 is 0.358 bits per heavy atom. The van der Waals surface area contributed by atoms with Gasteiger partial charge in [0.1, 0.15) is 11.6 Å². The molecule has 0 bridgehead atoms. The molecule has 9 aromatic carbocycles. The Morgan fingerprint density at radius 3 is 1.21 bits per heavy atom. The van der Waals surface area contributed by atoms with E-state index in [0.29, 0.717) is 5.02 Å². The highest BCUT2D eigenvalue weighted by Crippen LogP contribution is 2.42. The van der Waals surface area contributed by atoms with E-state index in [4.69, 9.17) is 21.6 Å². The van der Waals surface area contributed by atoms with Gasteiger partial charge in [-0.15, -0.1) is 0 Å². The summed E-state index contributed by atoms with van der Waals surface area (Å²) < 4.78 is 4.45. The van der Waals surface area contributed by atoms with Gasteiger partial charge in [0.25, 0.3) is 0 Å². The minimum atomic E-state index is 0.608. The number of aromatic nitrogens is 4. The highest BCUT2D eigenvalue weighted by atomic mass is 35.5. The van der Waals surface area contributed by atoms with Crippen molar-refractivity contribution >= 4 is 76.8 Å². The number of nitrogens with zero attached hydrogens (tertiary/aromatic N) is 4. The molecular weight excluding hydrogens is 668 g/mol. The summed E-state index contributed by atoms with van der Waals surface area (Å²) in [7, 11) is 0. The molecule has 0 aliphatic rings. The van der Waals surface area contributed by atoms with Gasteiger partial charge in [0, 0.05) is 11.1 Å². The van der Waals surface area contributed by atoms with Crippen molar-refractivity contribution < 1.29 is 0 Å². The van der Waals surface area contributed by atoms with Gasteiger partial charge in [-0.2, -0.15) is 0 Å². The zero-order chi connectivity index (χ0) is 35.0. The Morgan fingerprint density at radius 2 is 0.736 bits per heavy atom. The fourth-order valence-electron chi connectivity index (χ4n) is 8.23. The van der Waals surface area contributed by atoms with Gasteiger partial charge in [-0.05, 0) is 91.6 Å². The average molecular weight is 697 g/mol. The minimum absolute atomic E-state index is 0.608. The lowest BCUT2D eigenvalue weighted by Crippen LogP contribution is -2.04. The van der Waals surface area contributed by atoms with E-state index in [-0.39, 0.29) is 0 Å². The van der Waals surface area contributed by atoms with Crippen LogP contribution in [0.15, 0.2) is 176 Å². The quantitative estimate of drug-likeness (QED) is 0.172. The van der Waals surface area contributed by atoms with E-state index >= 15 is 0 Å². The lowest BCUT2D eigenvalue weighted by Gasteiger charge is -2.18. The number of imidazole rings is 2. The van der Waals surface area contributed by atoms with Gasteiger partial charge in [-0.3, -0.25) is 9.13 Å². The SMILES string of the molecule is Clc1c(-n2c(-c3cc4ccccc4c4ccccc34)nc3ccccc32)cccc1-n1c(-c2cc3ccccc3c3ccccc23)nc2ccccc21. The lowest BCUT2D eigenvalue weighted by atomic mass is 9.96. The van der Waals surface area contributed by atoms with Gasteiger partial charge < -0.3 is 0 Å². The van der Waals surface area contributed by atoms with Gasteiger partial charge in [-0.1, -0.05) is 139 Å². The van der Waals surface area contributed by atoms with E-state index in [1.807, 2.05) is 12.1 Å². The predicted molar refractivity (Wildman–Crippen MR) is 222 cm³/mol. The molecule has 0 spiro atoms. The van der Waals surface area contributed by atoms with Crippen molar-refractivity contribution in [3.05, 3.63) is 181 Å². The molecule has 4 nitrogen and oxygen atoms in total. The molecule has 2 heterocycles. The van der Waals surface area contributed by atoms with Crippen LogP contribution in [0.4, 0.5) is 0 Å². The van der Waals surface area contributed by atoms with Crippen LogP contribution in [0.25, 0.3) is 99.3 Å². The van der Waals surface area contributed by atoms with Gasteiger partial charge in [0.05, 0.1) is 38.5 Å². The molecule has 5 heteroatoms. The van der Waals surface area contributed by atoms with Crippen molar-refractivity contribution in [2.45, 2.75) is 0 Å². The van der Waals surface area contributed by atoms with E-state index in [1.165, 1.54) is 21.5 Å². The molecule has 0 saturated heterocycles. The van der Waals surface area contributed by atoms with E-state index < -0.39 is 0 Å². The van der Waals surface area contributed by atoms with Gasteiger partial charge in [0.15, 0.2) is 0 Å². The largest absolute Gasteiger partial charge is 0.291 e. The van der Waals surface area contributed by atoms with Gasteiger partial charge >= 0.3 is 0 Å². The summed E-state index contributed by atoms with van der Waals surface area (Å²) >= 11 is 7.74. The molecule has 248 valence electrons. The number of halogens is 1. The predicted octanol–water partition coefficient (Wildman–Crippen LogP) is 13.0. The maximum absolute atomic E-state index is 7.74. The first-order valence-corrected chi connectivity index (χ1v) is 18.2. The standard InChI is InChI=1S/C48H29ClN4/c49-46-44(52-42-24-11-9-22-40(42)50-47(52)38-28-30-14-1-3-16-32(30)34-18-5-7-20-36(34)38)26-13-27-45(46)53-43-25-12-10-23-41(43)51-48(53)39-29-31-15-2-4-17-33(31)35-19-6-8-21-37(35)39/h1-29H. The Kier molecular flexibility index (Phi) is 6.57. The molecule has 0 radical (unpaired) electrons. The monoisotopic (exact) mass is 696 g/mol. The summed E-state index contributed by atoms with van der Waals surface area (Å²) in [5.74, 6) is 1.67. The van der Waals surface area contributed by atoms with Crippen LogP contribution in [-0.4, -0.2) is 19.1 Å². The fraction of sp³-hybridized carbons (Fsp3) is 0.